The van der Waals surface area contributed by atoms with E-state index in [-0.39, 0.29) is 11.0 Å². The Balaban J connectivity index is 1.50. The number of carbonyl (C=O) groups is 2. The molecule has 1 aromatic heterocycles. The zero-order chi connectivity index (χ0) is 25.3. The molecule has 1 aliphatic carbocycles. The molecule has 1 fully saturated rings. The number of nitrogens with two attached hydrogens (primary N) is 1. The van der Waals surface area contributed by atoms with E-state index in [9.17, 15) is 9.59 Å². The van der Waals surface area contributed by atoms with Crippen molar-refractivity contribution in [3.05, 3.63) is 82.9 Å². The van der Waals surface area contributed by atoms with Crippen LogP contribution in [0.25, 0.3) is 0 Å². The van der Waals surface area contributed by atoms with E-state index in [1.54, 1.807) is 11.7 Å². The number of ketones is 1. The van der Waals surface area contributed by atoms with Crippen LogP contribution in [0.3, 0.4) is 0 Å². The van der Waals surface area contributed by atoms with Crippen molar-refractivity contribution in [2.24, 2.45) is 18.7 Å². The first-order valence-corrected chi connectivity index (χ1v) is 13.4. The molecule has 3 atom stereocenters. The first-order valence-electron chi connectivity index (χ1n) is 11.3. The Bertz CT molecular complexity index is 1260. The lowest BCUT2D eigenvalue weighted by Gasteiger charge is -2.51. The average molecular weight is 524 g/mol. The molecule has 0 radical (unpaired) electrons. The number of rotatable bonds is 8. The highest BCUT2D eigenvalue weighted by Gasteiger charge is 2.65. The molecule has 9 nitrogen and oxygen atoms in total. The molecule has 2 aromatic carbocycles. The van der Waals surface area contributed by atoms with Gasteiger partial charge in [0.25, 0.3) is 0 Å². The van der Waals surface area contributed by atoms with Crippen molar-refractivity contribution in [2.75, 3.05) is 18.6 Å². The molecule has 1 saturated carbocycles. The molecule has 36 heavy (non-hydrogen) atoms. The summed E-state index contributed by atoms with van der Waals surface area (Å²) in [5, 5.41) is 11.8. The maximum atomic E-state index is 13.9. The number of hydrogen-bond acceptors (Lipinski definition) is 10. The van der Waals surface area contributed by atoms with Crippen LogP contribution < -0.4 is 5.73 Å². The van der Waals surface area contributed by atoms with Gasteiger partial charge in [0.15, 0.2) is 17.6 Å². The van der Waals surface area contributed by atoms with Gasteiger partial charge >= 0.3 is 5.97 Å². The molecular formula is C25H25N5O4S2. The lowest BCUT2D eigenvalue weighted by Crippen LogP contribution is -2.74. The summed E-state index contributed by atoms with van der Waals surface area (Å²) in [4.78, 5) is 27.0. The first kappa shape index (κ1) is 24.7. The Morgan fingerprint density at radius 2 is 1.83 bits per heavy atom. The smallest absolute Gasteiger partial charge is 0.335 e. The highest BCUT2D eigenvalue weighted by atomic mass is 32.2. The van der Waals surface area contributed by atoms with E-state index < -0.39 is 23.7 Å². The minimum Gasteiger partial charge on any atom is -0.449 e. The summed E-state index contributed by atoms with van der Waals surface area (Å²) < 4.78 is 13.1. The predicted molar refractivity (Wildman–Crippen MR) is 136 cm³/mol. The Labute approximate surface area is 216 Å². The summed E-state index contributed by atoms with van der Waals surface area (Å²) in [6.07, 6.45) is -0.627. The van der Waals surface area contributed by atoms with E-state index in [0.717, 1.165) is 16.7 Å². The molecule has 5 rings (SSSR count). The molecule has 1 unspecified atom stereocenters. The quantitative estimate of drug-likeness (QED) is 0.268. The number of ether oxygens (including phenoxy) is 2. The van der Waals surface area contributed by atoms with E-state index in [4.69, 9.17) is 15.2 Å². The number of carbonyl (C=O) groups excluding carboxylic acids is 2. The number of aryl methyl sites for hydroxylation is 1. The van der Waals surface area contributed by atoms with Crippen LogP contribution in [0, 0.1) is 5.92 Å². The third-order valence-corrected chi connectivity index (χ3v) is 9.06. The molecule has 2 N–H and O–H groups in total. The summed E-state index contributed by atoms with van der Waals surface area (Å²) in [7, 11) is 3.17. The minimum atomic E-state index is -1.41. The van der Waals surface area contributed by atoms with Crippen molar-refractivity contribution in [3.63, 3.8) is 0 Å². The standard InChI is InChI=1S/C25H25N5O4S2/c1-30-24(27-28-29-30)36-14-17-13-35-22-19(21(31)25(22,26)33-2)18(17)23(32)34-20(15-9-5-3-6-10-15)16-11-7-4-8-12-16/h3-12,19-20,22H,13-14,26H2,1-2H3/t19?,22-,25-/m0/s1. The van der Waals surface area contributed by atoms with Crippen LogP contribution in [0.15, 0.2) is 77.0 Å². The molecule has 1 aliphatic heterocycles. The van der Waals surface area contributed by atoms with Gasteiger partial charge < -0.3 is 9.47 Å². The number of hydrogen-bond donors (Lipinski definition) is 1. The Hall–Kier alpha value is -2.99. The highest BCUT2D eigenvalue weighted by molar-refractivity contribution is 8.01. The summed E-state index contributed by atoms with van der Waals surface area (Å²) in [5.41, 5.74) is 7.70. The van der Waals surface area contributed by atoms with Crippen LogP contribution >= 0.6 is 23.5 Å². The van der Waals surface area contributed by atoms with E-state index in [0.29, 0.717) is 22.2 Å². The van der Waals surface area contributed by atoms with Crippen molar-refractivity contribution in [1.82, 2.24) is 20.2 Å². The van der Waals surface area contributed by atoms with Crippen LogP contribution in [-0.2, 0) is 26.1 Å². The van der Waals surface area contributed by atoms with Crippen molar-refractivity contribution >= 4 is 35.3 Å². The van der Waals surface area contributed by atoms with Gasteiger partial charge in [0.2, 0.25) is 5.16 Å². The molecular weight excluding hydrogens is 498 g/mol. The molecule has 186 valence electrons. The van der Waals surface area contributed by atoms with Gasteiger partial charge in [-0.3, -0.25) is 10.5 Å². The molecule has 2 aliphatic rings. The van der Waals surface area contributed by atoms with Gasteiger partial charge in [-0.05, 0) is 27.1 Å². The second-order valence-corrected chi connectivity index (χ2v) is 10.6. The lowest BCUT2D eigenvalue weighted by atomic mass is 9.69. The van der Waals surface area contributed by atoms with Crippen molar-refractivity contribution in [3.8, 4) is 0 Å². The third kappa shape index (κ3) is 4.36. The van der Waals surface area contributed by atoms with Crippen molar-refractivity contribution in [1.29, 1.82) is 0 Å². The van der Waals surface area contributed by atoms with Crippen LogP contribution in [0.4, 0.5) is 0 Å². The van der Waals surface area contributed by atoms with Gasteiger partial charge in [0.05, 0.1) is 16.7 Å². The number of methoxy groups -OCH3 is 1. The largest absolute Gasteiger partial charge is 0.449 e. The predicted octanol–water partition coefficient (Wildman–Crippen LogP) is 2.55. The SMILES string of the molecule is CO[C@@]1(N)C(=O)C2C(C(=O)OC(c3ccccc3)c3ccccc3)=C(CSc3nnnn3C)CS[C@@H]21. The van der Waals surface area contributed by atoms with Crippen LogP contribution in [-0.4, -0.2) is 61.6 Å². The Kier molecular flexibility index (Phi) is 6.98. The second kappa shape index (κ2) is 10.2. The fourth-order valence-electron chi connectivity index (χ4n) is 4.52. The molecule has 3 aromatic rings. The van der Waals surface area contributed by atoms with Crippen LogP contribution in [0.2, 0.25) is 0 Å². The van der Waals surface area contributed by atoms with E-state index in [2.05, 4.69) is 15.5 Å². The van der Waals surface area contributed by atoms with Gasteiger partial charge in [0, 0.05) is 25.7 Å². The number of esters is 1. The number of thioether (sulfide) groups is 2. The van der Waals surface area contributed by atoms with Gasteiger partial charge in [-0.25, -0.2) is 9.48 Å². The maximum absolute atomic E-state index is 13.9. The average Bonchev–Trinajstić information content (AvgIpc) is 3.34. The van der Waals surface area contributed by atoms with Crippen LogP contribution in [0.1, 0.15) is 17.2 Å². The fourth-order valence-corrected chi connectivity index (χ4v) is 7.08. The van der Waals surface area contributed by atoms with Crippen LogP contribution in [0.5, 0.6) is 0 Å². The van der Waals surface area contributed by atoms with E-state index >= 15 is 0 Å². The summed E-state index contributed by atoms with van der Waals surface area (Å²) in [6, 6.07) is 19.1. The Morgan fingerprint density at radius 3 is 2.39 bits per heavy atom. The second-order valence-electron chi connectivity index (χ2n) is 8.57. The van der Waals surface area contributed by atoms with Gasteiger partial charge in [-0.2, -0.15) is 0 Å². The summed E-state index contributed by atoms with van der Waals surface area (Å²) in [6.45, 7) is 0. The topological polar surface area (TPSA) is 122 Å². The lowest BCUT2D eigenvalue weighted by molar-refractivity contribution is -0.163. The first-order chi connectivity index (χ1) is 17.4. The molecule has 11 heteroatoms. The number of benzene rings is 2. The Morgan fingerprint density at radius 1 is 1.19 bits per heavy atom. The van der Waals surface area contributed by atoms with E-state index in [1.807, 2.05) is 60.7 Å². The monoisotopic (exact) mass is 523 g/mol. The van der Waals surface area contributed by atoms with Gasteiger partial charge in [0.1, 0.15) is 0 Å². The van der Waals surface area contributed by atoms with Crippen molar-refractivity contribution < 1.29 is 19.1 Å². The van der Waals surface area contributed by atoms with Gasteiger partial charge in [-0.1, -0.05) is 72.4 Å². The number of tetrazole rings is 1. The van der Waals surface area contributed by atoms with Crippen molar-refractivity contribution in [2.45, 2.75) is 22.2 Å². The number of nitrogens with zero attached hydrogens (tertiary/aromatic N) is 4. The summed E-state index contributed by atoms with van der Waals surface area (Å²) >= 11 is 2.92. The number of Topliss-reactive ketones (excluding diaryl/α,β-unsaturated/α-hetero) is 1. The molecule has 0 saturated heterocycles. The third-order valence-electron chi connectivity index (χ3n) is 6.47. The van der Waals surface area contributed by atoms with Gasteiger partial charge in [-0.15, -0.1) is 16.9 Å². The molecule has 2 heterocycles. The minimum absolute atomic E-state index is 0.312. The normalized spacial score (nSPS) is 23.4. The maximum Gasteiger partial charge on any atom is 0.335 e. The summed E-state index contributed by atoms with van der Waals surface area (Å²) in [5.74, 6) is -0.578. The number of aromatic nitrogens is 4. The molecule has 0 spiro atoms. The fraction of sp³-hybridized carbons (Fsp3) is 0.320. The number of fused-ring (bicyclic) bond motifs is 1. The molecule has 0 amide bonds. The highest BCUT2D eigenvalue weighted by Crippen LogP contribution is 2.51. The zero-order valence-electron chi connectivity index (χ0n) is 19.7. The zero-order valence-corrected chi connectivity index (χ0v) is 21.4. The van der Waals surface area contributed by atoms with E-state index in [1.165, 1.54) is 30.6 Å². The molecule has 0 bridgehead atoms.